The topological polar surface area (TPSA) is 79.2 Å². The van der Waals surface area contributed by atoms with Gasteiger partial charge in [-0.2, -0.15) is 0 Å². The fourth-order valence-electron chi connectivity index (χ4n) is 2.34. The first-order chi connectivity index (χ1) is 9.58. The highest BCUT2D eigenvalue weighted by atomic mass is 16.5. The number of hydrogen-bond donors (Lipinski definition) is 3. The van der Waals surface area contributed by atoms with E-state index in [1.807, 2.05) is 12.1 Å². The number of methoxy groups -OCH3 is 1. The van der Waals surface area contributed by atoms with Crippen molar-refractivity contribution >= 4 is 6.08 Å². The lowest BCUT2D eigenvalue weighted by Gasteiger charge is -2.12. The van der Waals surface area contributed by atoms with E-state index in [4.69, 9.17) is 9.47 Å². The fraction of sp³-hybridized carbons (Fsp3) is 0.467. The van der Waals surface area contributed by atoms with Crippen LogP contribution in [0.1, 0.15) is 18.1 Å². The van der Waals surface area contributed by atoms with E-state index in [-0.39, 0.29) is 6.61 Å². The molecule has 1 aliphatic heterocycles. The second-order valence-electron chi connectivity index (χ2n) is 4.83. The molecule has 0 radical (unpaired) electrons. The van der Waals surface area contributed by atoms with Crippen LogP contribution in [0.25, 0.3) is 6.08 Å². The highest BCUT2D eigenvalue weighted by Gasteiger charge is 2.38. The van der Waals surface area contributed by atoms with E-state index < -0.39 is 24.4 Å². The standard InChI is InChI=1S/C15H20O5/c1-9-14(17)15(18)13(20-9)7-6-10-4-3-5-12(19-2)11(10)8-16/h3-7,9,13-18H,8H2,1-2H3/b7-6+/t9-,13?,14-,15+/m1/s1. The van der Waals surface area contributed by atoms with E-state index in [2.05, 4.69) is 0 Å². The quantitative estimate of drug-likeness (QED) is 0.757. The Bertz CT molecular complexity index is 485. The molecule has 0 spiro atoms. The SMILES string of the molecule is COc1cccc(/C=C/C2O[C@H](C)[C@@H](O)[C@H]2O)c1CO. The normalized spacial score (nSPS) is 30.1. The number of aliphatic hydroxyl groups excluding tert-OH is 3. The molecule has 0 saturated carbocycles. The monoisotopic (exact) mass is 280 g/mol. The Labute approximate surface area is 118 Å². The molecule has 20 heavy (non-hydrogen) atoms. The Morgan fingerprint density at radius 3 is 2.60 bits per heavy atom. The summed E-state index contributed by atoms with van der Waals surface area (Å²) >= 11 is 0. The van der Waals surface area contributed by atoms with Gasteiger partial charge in [0.15, 0.2) is 0 Å². The van der Waals surface area contributed by atoms with E-state index in [1.165, 1.54) is 0 Å². The largest absolute Gasteiger partial charge is 0.496 e. The van der Waals surface area contributed by atoms with Crippen LogP contribution in [-0.4, -0.2) is 46.8 Å². The summed E-state index contributed by atoms with van der Waals surface area (Å²) in [5, 5.41) is 28.9. The minimum absolute atomic E-state index is 0.142. The molecule has 1 aliphatic rings. The summed E-state index contributed by atoms with van der Waals surface area (Å²) in [6, 6.07) is 5.43. The minimum atomic E-state index is -0.940. The van der Waals surface area contributed by atoms with Crippen molar-refractivity contribution in [2.75, 3.05) is 7.11 Å². The van der Waals surface area contributed by atoms with Crippen LogP contribution in [-0.2, 0) is 11.3 Å². The lowest BCUT2D eigenvalue weighted by Crippen LogP contribution is -2.30. The van der Waals surface area contributed by atoms with Crippen LogP contribution in [0, 0.1) is 0 Å². The maximum absolute atomic E-state index is 9.83. The zero-order chi connectivity index (χ0) is 14.7. The van der Waals surface area contributed by atoms with Gasteiger partial charge in [0.25, 0.3) is 0 Å². The van der Waals surface area contributed by atoms with Crippen LogP contribution in [0.2, 0.25) is 0 Å². The zero-order valence-corrected chi connectivity index (χ0v) is 11.6. The van der Waals surface area contributed by atoms with Gasteiger partial charge in [0.2, 0.25) is 0 Å². The molecule has 1 aromatic rings. The molecule has 0 bridgehead atoms. The molecule has 1 fully saturated rings. The van der Waals surface area contributed by atoms with Gasteiger partial charge in [-0.15, -0.1) is 0 Å². The van der Waals surface area contributed by atoms with Gasteiger partial charge in [0, 0.05) is 5.56 Å². The van der Waals surface area contributed by atoms with Gasteiger partial charge in [0.05, 0.1) is 19.8 Å². The van der Waals surface area contributed by atoms with Gasteiger partial charge in [-0.1, -0.05) is 24.3 Å². The third kappa shape index (κ3) is 2.86. The van der Waals surface area contributed by atoms with Crippen molar-refractivity contribution in [1.82, 2.24) is 0 Å². The van der Waals surface area contributed by atoms with Crippen LogP contribution in [0.15, 0.2) is 24.3 Å². The van der Waals surface area contributed by atoms with Gasteiger partial charge >= 0.3 is 0 Å². The summed E-state index contributed by atoms with van der Waals surface area (Å²) in [5.74, 6) is 0.607. The van der Waals surface area contributed by atoms with Gasteiger partial charge in [-0.25, -0.2) is 0 Å². The van der Waals surface area contributed by atoms with Gasteiger partial charge in [-0.05, 0) is 18.6 Å². The molecule has 1 unspecified atom stereocenters. The first kappa shape index (κ1) is 15.0. The van der Waals surface area contributed by atoms with E-state index in [9.17, 15) is 15.3 Å². The number of rotatable bonds is 4. The van der Waals surface area contributed by atoms with Gasteiger partial charge in [0.1, 0.15) is 24.1 Å². The Morgan fingerprint density at radius 2 is 2.05 bits per heavy atom. The first-order valence-corrected chi connectivity index (χ1v) is 6.55. The highest BCUT2D eigenvalue weighted by molar-refractivity contribution is 5.58. The average molecular weight is 280 g/mol. The molecular formula is C15H20O5. The molecule has 5 heteroatoms. The molecule has 0 amide bonds. The van der Waals surface area contributed by atoms with Crippen LogP contribution in [0.3, 0.4) is 0 Å². The maximum atomic E-state index is 9.83. The second-order valence-corrected chi connectivity index (χ2v) is 4.83. The van der Waals surface area contributed by atoms with Crippen molar-refractivity contribution in [2.45, 2.75) is 37.9 Å². The summed E-state index contributed by atoms with van der Waals surface area (Å²) in [5.41, 5.74) is 1.46. The van der Waals surface area contributed by atoms with E-state index in [0.717, 1.165) is 5.56 Å². The summed E-state index contributed by atoms with van der Waals surface area (Å²) in [6.07, 6.45) is 0.662. The molecule has 4 atom stereocenters. The molecule has 1 aromatic carbocycles. The number of benzene rings is 1. The Hall–Kier alpha value is -1.40. The fourth-order valence-corrected chi connectivity index (χ4v) is 2.34. The van der Waals surface area contributed by atoms with Crippen molar-refractivity contribution < 1.29 is 24.8 Å². The van der Waals surface area contributed by atoms with Crippen molar-refractivity contribution in [3.63, 3.8) is 0 Å². The van der Waals surface area contributed by atoms with Crippen LogP contribution in [0.5, 0.6) is 5.75 Å². The Balaban J connectivity index is 2.20. The number of hydrogen-bond acceptors (Lipinski definition) is 5. The zero-order valence-electron chi connectivity index (χ0n) is 11.6. The predicted molar refractivity (Wildman–Crippen MR) is 74.3 cm³/mol. The summed E-state index contributed by atoms with van der Waals surface area (Å²) in [7, 11) is 1.55. The third-order valence-electron chi connectivity index (χ3n) is 3.55. The Kier molecular flexibility index (Phi) is 4.77. The van der Waals surface area contributed by atoms with E-state index in [1.54, 1.807) is 32.3 Å². The maximum Gasteiger partial charge on any atom is 0.124 e. The molecule has 0 aliphatic carbocycles. The van der Waals surface area contributed by atoms with E-state index >= 15 is 0 Å². The van der Waals surface area contributed by atoms with Crippen molar-refractivity contribution in [1.29, 1.82) is 0 Å². The predicted octanol–water partition coefficient (Wildman–Crippen LogP) is 0.710. The van der Waals surface area contributed by atoms with E-state index in [0.29, 0.717) is 11.3 Å². The third-order valence-corrected chi connectivity index (χ3v) is 3.55. The Morgan fingerprint density at radius 1 is 1.30 bits per heavy atom. The molecule has 5 nitrogen and oxygen atoms in total. The molecular weight excluding hydrogens is 260 g/mol. The van der Waals surface area contributed by atoms with Gasteiger partial charge < -0.3 is 24.8 Å². The highest BCUT2D eigenvalue weighted by Crippen LogP contribution is 2.26. The smallest absolute Gasteiger partial charge is 0.124 e. The van der Waals surface area contributed by atoms with Crippen LogP contribution in [0.4, 0.5) is 0 Å². The number of aliphatic hydroxyl groups is 3. The molecule has 3 N–H and O–H groups in total. The number of ether oxygens (including phenoxy) is 2. The van der Waals surface area contributed by atoms with Crippen molar-refractivity contribution in [3.8, 4) is 5.75 Å². The lowest BCUT2D eigenvalue weighted by molar-refractivity contribution is 0.0316. The molecule has 1 heterocycles. The van der Waals surface area contributed by atoms with Crippen molar-refractivity contribution in [3.05, 3.63) is 35.4 Å². The summed E-state index contributed by atoms with van der Waals surface area (Å²) in [6.45, 7) is 1.57. The summed E-state index contributed by atoms with van der Waals surface area (Å²) < 4.78 is 10.6. The second kappa shape index (κ2) is 6.37. The minimum Gasteiger partial charge on any atom is -0.496 e. The molecule has 110 valence electrons. The molecule has 2 rings (SSSR count). The lowest BCUT2D eigenvalue weighted by atomic mass is 10.0. The van der Waals surface area contributed by atoms with Gasteiger partial charge in [-0.3, -0.25) is 0 Å². The first-order valence-electron chi connectivity index (χ1n) is 6.55. The average Bonchev–Trinajstić information content (AvgIpc) is 2.71. The van der Waals surface area contributed by atoms with Crippen LogP contribution >= 0.6 is 0 Å². The molecule has 0 aromatic heterocycles. The van der Waals surface area contributed by atoms with Crippen LogP contribution < -0.4 is 4.74 Å². The summed E-state index contributed by atoms with van der Waals surface area (Å²) in [4.78, 5) is 0. The van der Waals surface area contributed by atoms with Crippen molar-refractivity contribution in [2.24, 2.45) is 0 Å². The molecule has 1 saturated heterocycles.